The number of nitrogens with one attached hydrogen (secondary N) is 3. The molecule has 0 saturated heterocycles. The summed E-state index contributed by atoms with van der Waals surface area (Å²) in [6.07, 6.45) is 2.45. The molecule has 3 aromatic rings. The fraction of sp³-hybridized carbons (Fsp3) is 0.333. The van der Waals surface area contributed by atoms with Crippen molar-refractivity contribution in [1.82, 2.24) is 15.6 Å². The Morgan fingerprint density at radius 1 is 0.969 bits per heavy atom. The third-order valence-electron chi connectivity index (χ3n) is 5.25. The normalized spacial score (nSPS) is 12.6. The summed E-state index contributed by atoms with van der Waals surface area (Å²) in [5, 5.41) is 6.60. The molecule has 0 aliphatic carbocycles. The lowest BCUT2D eigenvalue weighted by atomic mass is 10.0. The van der Waals surface area contributed by atoms with Crippen LogP contribution in [0.15, 0.2) is 65.7 Å². The number of aromatic amines is 1. The highest BCUT2D eigenvalue weighted by Gasteiger charge is 2.23. The zero-order valence-corrected chi connectivity index (χ0v) is 19.1. The molecule has 32 heavy (non-hydrogen) atoms. The monoisotopic (exact) mass is 455 g/mol. The van der Waals surface area contributed by atoms with Gasteiger partial charge in [-0.05, 0) is 30.2 Å². The highest BCUT2D eigenvalue weighted by atomic mass is 32.2. The number of hydrogen-bond acceptors (Lipinski definition) is 4. The van der Waals surface area contributed by atoms with Crippen LogP contribution in [-0.4, -0.2) is 43.6 Å². The minimum absolute atomic E-state index is 0.0667. The molecule has 1 atom stereocenters. The Labute approximate surface area is 188 Å². The van der Waals surface area contributed by atoms with Crippen molar-refractivity contribution in [2.45, 2.75) is 37.6 Å². The van der Waals surface area contributed by atoms with Crippen molar-refractivity contribution in [3.63, 3.8) is 0 Å². The maximum Gasteiger partial charge on any atom is 0.242 e. The molecule has 3 rings (SSSR count). The van der Waals surface area contributed by atoms with Crippen molar-refractivity contribution >= 4 is 32.6 Å². The Hall–Kier alpha value is -3.13. The molecule has 0 aliphatic rings. The maximum absolute atomic E-state index is 12.9. The second kappa shape index (κ2) is 10.5. The largest absolute Gasteiger partial charge is 0.361 e. The minimum Gasteiger partial charge on any atom is -0.361 e. The standard InChI is InChI=1S/C24H29N3O4S/c1-17(2)23(28)27-22(15-18-16-26-21-12-7-6-11-20(18)21)24(29)25-13-8-14-32(30,31)19-9-4-3-5-10-19/h3-7,9-12,16-17,22,26H,8,13-15H2,1-2H3,(H,25,29)(H,27,28). The van der Waals surface area contributed by atoms with Gasteiger partial charge in [-0.2, -0.15) is 0 Å². The van der Waals surface area contributed by atoms with Crippen molar-refractivity contribution in [1.29, 1.82) is 0 Å². The highest BCUT2D eigenvalue weighted by molar-refractivity contribution is 7.91. The SMILES string of the molecule is CC(C)C(=O)NC(Cc1c[nH]c2ccccc12)C(=O)NCCCS(=O)(=O)c1ccccc1. The van der Waals surface area contributed by atoms with E-state index in [1.54, 1.807) is 44.2 Å². The smallest absolute Gasteiger partial charge is 0.242 e. The van der Waals surface area contributed by atoms with E-state index < -0.39 is 15.9 Å². The van der Waals surface area contributed by atoms with Crippen LogP contribution in [0.3, 0.4) is 0 Å². The number of hydrogen-bond donors (Lipinski definition) is 3. The molecular formula is C24H29N3O4S. The minimum atomic E-state index is -3.40. The molecule has 1 unspecified atom stereocenters. The van der Waals surface area contributed by atoms with E-state index in [4.69, 9.17) is 0 Å². The Bertz CT molecular complexity index is 1170. The van der Waals surface area contributed by atoms with Crippen molar-refractivity contribution in [3.05, 3.63) is 66.4 Å². The van der Waals surface area contributed by atoms with Crippen LogP contribution in [0.2, 0.25) is 0 Å². The van der Waals surface area contributed by atoms with Gasteiger partial charge in [-0.3, -0.25) is 9.59 Å². The summed E-state index contributed by atoms with van der Waals surface area (Å²) in [6.45, 7) is 3.74. The number of aromatic nitrogens is 1. The maximum atomic E-state index is 12.9. The molecule has 2 amide bonds. The molecule has 170 valence electrons. The second-order valence-corrected chi connectivity index (χ2v) is 10.2. The molecule has 0 aliphatic heterocycles. The Kier molecular flexibility index (Phi) is 7.69. The van der Waals surface area contributed by atoms with Crippen LogP contribution < -0.4 is 10.6 Å². The van der Waals surface area contributed by atoms with E-state index in [0.29, 0.717) is 6.42 Å². The summed E-state index contributed by atoms with van der Waals surface area (Å²) in [4.78, 5) is 28.6. The van der Waals surface area contributed by atoms with Crippen LogP contribution in [0, 0.1) is 5.92 Å². The summed E-state index contributed by atoms with van der Waals surface area (Å²) in [6, 6.07) is 15.3. The molecule has 0 radical (unpaired) electrons. The van der Waals surface area contributed by atoms with Gasteiger partial charge in [0.2, 0.25) is 11.8 Å². The molecule has 0 spiro atoms. The van der Waals surface area contributed by atoms with Crippen molar-refractivity contribution in [2.24, 2.45) is 5.92 Å². The quantitative estimate of drug-likeness (QED) is 0.409. The topological polar surface area (TPSA) is 108 Å². The van der Waals surface area contributed by atoms with Gasteiger partial charge in [-0.25, -0.2) is 8.42 Å². The molecule has 0 bridgehead atoms. The average Bonchev–Trinajstić information content (AvgIpc) is 3.19. The van der Waals surface area contributed by atoms with E-state index in [-0.39, 0.29) is 41.3 Å². The number of benzene rings is 2. The van der Waals surface area contributed by atoms with Gasteiger partial charge in [-0.15, -0.1) is 0 Å². The van der Waals surface area contributed by atoms with Crippen molar-refractivity contribution in [2.75, 3.05) is 12.3 Å². The molecule has 0 saturated carbocycles. The van der Waals surface area contributed by atoms with E-state index in [1.807, 2.05) is 30.5 Å². The van der Waals surface area contributed by atoms with E-state index in [1.165, 1.54) is 0 Å². The van der Waals surface area contributed by atoms with Crippen LogP contribution in [0.5, 0.6) is 0 Å². The lowest BCUT2D eigenvalue weighted by Crippen LogP contribution is -2.49. The lowest BCUT2D eigenvalue weighted by molar-refractivity contribution is -0.130. The number of rotatable bonds is 10. The van der Waals surface area contributed by atoms with Crippen LogP contribution in [-0.2, 0) is 25.8 Å². The average molecular weight is 456 g/mol. The van der Waals surface area contributed by atoms with E-state index in [0.717, 1.165) is 16.5 Å². The summed E-state index contributed by atoms with van der Waals surface area (Å²) in [7, 11) is -3.40. The fourth-order valence-electron chi connectivity index (χ4n) is 3.41. The molecular weight excluding hydrogens is 426 g/mol. The van der Waals surface area contributed by atoms with Gasteiger partial charge < -0.3 is 15.6 Å². The zero-order valence-electron chi connectivity index (χ0n) is 18.3. The number of sulfone groups is 1. The summed E-state index contributed by atoms with van der Waals surface area (Å²) < 4.78 is 24.8. The van der Waals surface area contributed by atoms with Crippen molar-refractivity contribution < 1.29 is 18.0 Å². The number of para-hydroxylation sites is 1. The van der Waals surface area contributed by atoms with Crippen molar-refractivity contribution in [3.8, 4) is 0 Å². The highest BCUT2D eigenvalue weighted by Crippen LogP contribution is 2.19. The van der Waals surface area contributed by atoms with E-state index in [9.17, 15) is 18.0 Å². The third kappa shape index (κ3) is 5.97. The summed E-state index contributed by atoms with van der Waals surface area (Å²) in [5.41, 5.74) is 1.89. The molecule has 2 aromatic carbocycles. The van der Waals surface area contributed by atoms with Gasteiger partial charge >= 0.3 is 0 Å². The van der Waals surface area contributed by atoms with Crippen LogP contribution in [0.25, 0.3) is 10.9 Å². The number of carbonyl (C=O) groups is 2. The number of H-pyrrole nitrogens is 1. The molecule has 3 N–H and O–H groups in total. The fourth-order valence-corrected chi connectivity index (χ4v) is 4.74. The summed E-state index contributed by atoms with van der Waals surface area (Å²) in [5.74, 6) is -0.870. The molecule has 0 fully saturated rings. The zero-order chi connectivity index (χ0) is 23.1. The predicted molar refractivity (Wildman–Crippen MR) is 125 cm³/mol. The molecule has 8 heteroatoms. The summed E-state index contributed by atoms with van der Waals surface area (Å²) >= 11 is 0. The first-order chi connectivity index (χ1) is 15.3. The molecule has 1 heterocycles. The first-order valence-electron chi connectivity index (χ1n) is 10.7. The lowest BCUT2D eigenvalue weighted by Gasteiger charge is -2.19. The van der Waals surface area contributed by atoms with Crippen LogP contribution >= 0.6 is 0 Å². The van der Waals surface area contributed by atoms with Gasteiger partial charge in [0.25, 0.3) is 0 Å². The number of carbonyl (C=O) groups excluding carboxylic acids is 2. The van der Waals surface area contributed by atoms with Crippen LogP contribution in [0.1, 0.15) is 25.8 Å². The first kappa shape index (κ1) is 23.5. The predicted octanol–water partition coefficient (Wildman–Crippen LogP) is 2.83. The Morgan fingerprint density at radius 3 is 2.38 bits per heavy atom. The van der Waals surface area contributed by atoms with E-state index in [2.05, 4.69) is 15.6 Å². The first-order valence-corrected chi connectivity index (χ1v) is 12.3. The van der Waals surface area contributed by atoms with Gasteiger partial charge in [0.15, 0.2) is 9.84 Å². The van der Waals surface area contributed by atoms with Gasteiger partial charge in [-0.1, -0.05) is 50.2 Å². The van der Waals surface area contributed by atoms with Gasteiger partial charge in [0.05, 0.1) is 10.6 Å². The van der Waals surface area contributed by atoms with Crippen LogP contribution in [0.4, 0.5) is 0 Å². The van der Waals surface area contributed by atoms with Gasteiger partial charge in [0.1, 0.15) is 6.04 Å². The van der Waals surface area contributed by atoms with E-state index >= 15 is 0 Å². The third-order valence-corrected chi connectivity index (χ3v) is 7.06. The number of fused-ring (bicyclic) bond motifs is 1. The Balaban J connectivity index is 1.62. The van der Waals surface area contributed by atoms with Gasteiger partial charge in [0, 0.05) is 36.0 Å². The second-order valence-electron chi connectivity index (χ2n) is 8.06. The number of amides is 2. The molecule has 1 aromatic heterocycles. The Morgan fingerprint density at radius 2 is 1.66 bits per heavy atom. The molecule has 7 nitrogen and oxygen atoms in total.